The first kappa shape index (κ1) is 17.0. The molecule has 5 heteroatoms. The Morgan fingerprint density at radius 2 is 1.80 bits per heavy atom. The average Bonchev–Trinajstić information content (AvgIpc) is 2.34. The largest absolute Gasteiger partial charge is 0.480 e. The van der Waals surface area contributed by atoms with Gasteiger partial charge < -0.3 is 9.84 Å². The third-order valence-electron chi connectivity index (χ3n) is 3.63. The number of esters is 1. The van der Waals surface area contributed by atoms with E-state index in [1.54, 1.807) is 11.8 Å². The van der Waals surface area contributed by atoms with E-state index in [9.17, 15) is 14.7 Å². The molecule has 1 rings (SSSR count). The van der Waals surface area contributed by atoms with E-state index in [0.29, 0.717) is 0 Å². The van der Waals surface area contributed by atoms with Crippen LogP contribution in [0.3, 0.4) is 0 Å². The maximum absolute atomic E-state index is 12.0. The van der Waals surface area contributed by atoms with Crippen LogP contribution in [0.25, 0.3) is 0 Å². The smallest absolute Gasteiger partial charge is 0.320 e. The van der Waals surface area contributed by atoms with Gasteiger partial charge >= 0.3 is 11.9 Å². The second kappa shape index (κ2) is 7.07. The molecule has 1 atom stereocenters. The first-order chi connectivity index (χ1) is 9.20. The Hall–Kier alpha value is -1.10. The van der Waals surface area contributed by atoms with Crippen molar-refractivity contribution in [3.8, 4) is 0 Å². The zero-order valence-electron chi connectivity index (χ0n) is 13.0. The summed E-state index contributed by atoms with van der Waals surface area (Å²) in [6.07, 6.45) is 5.31. The average molecular weight is 285 g/mol. The molecule has 0 heterocycles. The monoisotopic (exact) mass is 285 g/mol. The van der Waals surface area contributed by atoms with Gasteiger partial charge in [0.2, 0.25) is 0 Å². The van der Waals surface area contributed by atoms with Crippen molar-refractivity contribution in [1.82, 2.24) is 4.90 Å². The first-order valence-corrected chi connectivity index (χ1v) is 7.41. The molecule has 0 radical (unpaired) electrons. The van der Waals surface area contributed by atoms with Crippen LogP contribution in [0, 0.1) is 0 Å². The molecule has 116 valence electrons. The Morgan fingerprint density at radius 1 is 1.25 bits per heavy atom. The Kier molecular flexibility index (Phi) is 5.99. The van der Waals surface area contributed by atoms with Crippen LogP contribution in [-0.2, 0) is 14.3 Å². The minimum Gasteiger partial charge on any atom is -0.480 e. The summed E-state index contributed by atoms with van der Waals surface area (Å²) in [5, 5.41) is 9.23. The SMILES string of the molecule is C[C@@H](C(=O)O)N(CC(=O)OC(C)(C)C)C1CCCCC1. The number of carboxylic acids is 1. The minimum atomic E-state index is -0.890. The fourth-order valence-corrected chi connectivity index (χ4v) is 2.66. The predicted molar refractivity (Wildman–Crippen MR) is 76.5 cm³/mol. The molecule has 1 N–H and O–H groups in total. The van der Waals surface area contributed by atoms with Gasteiger partial charge in [0.05, 0.1) is 6.54 Å². The molecule has 1 fully saturated rings. The van der Waals surface area contributed by atoms with Gasteiger partial charge in [-0.1, -0.05) is 19.3 Å². The molecule has 0 bridgehead atoms. The van der Waals surface area contributed by atoms with E-state index in [1.165, 1.54) is 6.42 Å². The van der Waals surface area contributed by atoms with E-state index in [2.05, 4.69) is 0 Å². The number of hydrogen-bond acceptors (Lipinski definition) is 4. The highest BCUT2D eigenvalue weighted by Crippen LogP contribution is 2.24. The molecule has 0 aromatic carbocycles. The van der Waals surface area contributed by atoms with E-state index in [4.69, 9.17) is 4.74 Å². The van der Waals surface area contributed by atoms with Crippen molar-refractivity contribution in [3.05, 3.63) is 0 Å². The van der Waals surface area contributed by atoms with Gasteiger partial charge in [-0.3, -0.25) is 14.5 Å². The van der Waals surface area contributed by atoms with E-state index in [1.807, 2.05) is 20.8 Å². The quantitative estimate of drug-likeness (QED) is 0.786. The van der Waals surface area contributed by atoms with E-state index in [-0.39, 0.29) is 18.6 Å². The molecule has 0 aromatic rings. The zero-order chi connectivity index (χ0) is 15.3. The first-order valence-electron chi connectivity index (χ1n) is 7.41. The van der Waals surface area contributed by atoms with Crippen LogP contribution in [0.1, 0.15) is 59.8 Å². The summed E-state index contributed by atoms with van der Waals surface area (Å²) in [7, 11) is 0. The number of rotatable bonds is 5. The Morgan fingerprint density at radius 3 is 2.25 bits per heavy atom. The lowest BCUT2D eigenvalue weighted by Crippen LogP contribution is -2.49. The van der Waals surface area contributed by atoms with Crippen LogP contribution in [0.5, 0.6) is 0 Å². The maximum atomic E-state index is 12.0. The maximum Gasteiger partial charge on any atom is 0.320 e. The lowest BCUT2D eigenvalue weighted by molar-refractivity contribution is -0.159. The van der Waals surface area contributed by atoms with Gasteiger partial charge in [-0.25, -0.2) is 0 Å². The predicted octanol–water partition coefficient (Wildman–Crippen LogP) is 2.44. The molecule has 1 saturated carbocycles. The summed E-state index contributed by atoms with van der Waals surface area (Å²) in [5.74, 6) is -1.24. The molecule has 0 amide bonds. The molecule has 0 unspecified atom stereocenters. The molecule has 1 aliphatic carbocycles. The topological polar surface area (TPSA) is 66.8 Å². The number of hydrogen-bond donors (Lipinski definition) is 1. The highest BCUT2D eigenvalue weighted by molar-refractivity contribution is 5.76. The van der Waals surface area contributed by atoms with Gasteiger partial charge in [-0.2, -0.15) is 0 Å². The van der Waals surface area contributed by atoms with Crippen molar-refractivity contribution >= 4 is 11.9 Å². The number of nitrogens with zero attached hydrogens (tertiary/aromatic N) is 1. The number of carbonyl (C=O) groups excluding carboxylic acids is 1. The highest BCUT2D eigenvalue weighted by Gasteiger charge is 2.31. The number of aliphatic carboxylic acids is 1. The summed E-state index contributed by atoms with van der Waals surface area (Å²) in [6.45, 7) is 7.14. The van der Waals surface area contributed by atoms with Gasteiger partial charge in [0.1, 0.15) is 11.6 Å². The third-order valence-corrected chi connectivity index (χ3v) is 3.63. The Balaban J connectivity index is 2.71. The van der Waals surface area contributed by atoms with Crippen LogP contribution >= 0.6 is 0 Å². The summed E-state index contributed by atoms with van der Waals surface area (Å²) in [6, 6.07) is -0.493. The van der Waals surface area contributed by atoms with Gasteiger partial charge in [-0.15, -0.1) is 0 Å². The molecular formula is C15H27NO4. The van der Waals surface area contributed by atoms with Gasteiger partial charge in [0.25, 0.3) is 0 Å². The Labute approximate surface area is 121 Å². The minimum absolute atomic E-state index is 0.0510. The van der Waals surface area contributed by atoms with E-state index in [0.717, 1.165) is 25.7 Å². The summed E-state index contributed by atoms with van der Waals surface area (Å²) < 4.78 is 5.32. The molecular weight excluding hydrogens is 258 g/mol. The van der Waals surface area contributed by atoms with Crippen LogP contribution in [0.4, 0.5) is 0 Å². The van der Waals surface area contributed by atoms with Gasteiger partial charge in [0, 0.05) is 6.04 Å². The van der Waals surface area contributed by atoms with Crippen LogP contribution < -0.4 is 0 Å². The van der Waals surface area contributed by atoms with Crippen LogP contribution in [-0.4, -0.2) is 46.2 Å². The molecule has 0 aliphatic heterocycles. The van der Waals surface area contributed by atoms with E-state index >= 15 is 0 Å². The molecule has 0 saturated heterocycles. The summed E-state index contributed by atoms with van der Waals surface area (Å²) in [4.78, 5) is 25.0. The molecule has 20 heavy (non-hydrogen) atoms. The standard InChI is InChI=1S/C15H27NO4/c1-11(14(18)19)16(12-8-6-5-7-9-12)10-13(17)20-15(2,3)4/h11-12H,5-10H2,1-4H3,(H,18,19)/t11-/m0/s1. The van der Waals surface area contributed by atoms with Crippen LogP contribution in [0.2, 0.25) is 0 Å². The summed E-state index contributed by atoms with van der Waals surface area (Å²) >= 11 is 0. The number of carboxylic acid groups (broad SMARTS) is 1. The van der Waals surface area contributed by atoms with Crippen LogP contribution in [0.15, 0.2) is 0 Å². The van der Waals surface area contributed by atoms with Crippen molar-refractivity contribution < 1.29 is 19.4 Å². The lowest BCUT2D eigenvalue weighted by Gasteiger charge is -2.36. The molecule has 0 spiro atoms. The lowest BCUT2D eigenvalue weighted by atomic mass is 9.93. The molecule has 0 aromatic heterocycles. The van der Waals surface area contributed by atoms with Crippen molar-refractivity contribution in [2.24, 2.45) is 0 Å². The highest BCUT2D eigenvalue weighted by atomic mass is 16.6. The second-order valence-corrected chi connectivity index (χ2v) is 6.56. The fraction of sp³-hybridized carbons (Fsp3) is 0.867. The van der Waals surface area contributed by atoms with Crippen molar-refractivity contribution in [3.63, 3.8) is 0 Å². The number of carbonyl (C=O) groups is 2. The Bertz CT molecular complexity index is 342. The van der Waals surface area contributed by atoms with Crippen molar-refractivity contribution in [2.45, 2.75) is 77.5 Å². The van der Waals surface area contributed by atoms with Gasteiger partial charge in [0.15, 0.2) is 0 Å². The second-order valence-electron chi connectivity index (χ2n) is 6.56. The third kappa shape index (κ3) is 5.49. The fourth-order valence-electron chi connectivity index (χ4n) is 2.66. The van der Waals surface area contributed by atoms with Crippen molar-refractivity contribution in [2.75, 3.05) is 6.54 Å². The van der Waals surface area contributed by atoms with E-state index < -0.39 is 17.6 Å². The normalized spacial score (nSPS) is 18.9. The zero-order valence-corrected chi connectivity index (χ0v) is 13.0. The van der Waals surface area contributed by atoms with Gasteiger partial charge in [-0.05, 0) is 40.5 Å². The molecule has 1 aliphatic rings. The van der Waals surface area contributed by atoms with Crippen molar-refractivity contribution in [1.29, 1.82) is 0 Å². The number of ether oxygens (including phenoxy) is 1. The summed E-state index contributed by atoms with van der Waals surface area (Å²) in [5.41, 5.74) is -0.540. The molecule has 5 nitrogen and oxygen atoms in total.